The van der Waals surface area contributed by atoms with E-state index in [-0.39, 0.29) is 18.3 Å². The average Bonchev–Trinajstić information content (AvgIpc) is 2.88. The van der Waals surface area contributed by atoms with E-state index in [0.717, 1.165) is 5.56 Å². The van der Waals surface area contributed by atoms with Gasteiger partial charge in [0.2, 0.25) is 0 Å². The number of nitrogens with zero attached hydrogens (tertiary/aromatic N) is 1. The van der Waals surface area contributed by atoms with Gasteiger partial charge in [-0.3, -0.25) is 9.69 Å². The zero-order chi connectivity index (χ0) is 17.9. The molecule has 25 heavy (non-hydrogen) atoms. The van der Waals surface area contributed by atoms with Crippen LogP contribution in [0.25, 0.3) is 6.08 Å². The van der Waals surface area contributed by atoms with Crippen molar-refractivity contribution in [1.29, 1.82) is 0 Å². The fraction of sp³-hybridized carbons (Fsp3) is 0.200. The summed E-state index contributed by atoms with van der Waals surface area (Å²) in [6, 6.07) is 14.9. The molecular weight excluding hydrogens is 319 g/mol. The number of urea groups is 1. The summed E-state index contributed by atoms with van der Waals surface area (Å²) in [6.07, 6.45) is 4.04. The quantitative estimate of drug-likeness (QED) is 0.845. The minimum absolute atomic E-state index is 0.183. The zero-order valence-corrected chi connectivity index (χ0v) is 13.9. The molecule has 4 nitrogen and oxygen atoms in total. The summed E-state index contributed by atoms with van der Waals surface area (Å²) in [4.78, 5) is 26.4. The average molecular weight is 338 g/mol. The first-order valence-corrected chi connectivity index (χ1v) is 8.18. The predicted molar refractivity (Wildman–Crippen MR) is 94.1 cm³/mol. The van der Waals surface area contributed by atoms with Crippen molar-refractivity contribution in [2.45, 2.75) is 18.9 Å². The Labute approximate surface area is 146 Å². The van der Waals surface area contributed by atoms with Crippen LogP contribution in [0.3, 0.4) is 0 Å². The lowest BCUT2D eigenvalue weighted by atomic mass is 9.87. The molecule has 1 heterocycles. The Morgan fingerprint density at radius 1 is 1.08 bits per heavy atom. The molecule has 2 aromatic carbocycles. The number of amides is 3. The number of hydrogen-bond acceptors (Lipinski definition) is 2. The lowest BCUT2D eigenvalue weighted by Crippen LogP contribution is -2.43. The molecule has 1 atom stereocenters. The third-order valence-corrected chi connectivity index (χ3v) is 4.44. The first-order valence-electron chi connectivity index (χ1n) is 8.18. The van der Waals surface area contributed by atoms with Gasteiger partial charge >= 0.3 is 6.03 Å². The zero-order valence-electron chi connectivity index (χ0n) is 13.9. The van der Waals surface area contributed by atoms with Gasteiger partial charge in [-0.05, 0) is 29.7 Å². The fourth-order valence-corrected chi connectivity index (χ4v) is 3.02. The van der Waals surface area contributed by atoms with E-state index in [9.17, 15) is 14.0 Å². The molecule has 1 N–H and O–H groups in total. The number of benzene rings is 2. The summed E-state index contributed by atoms with van der Waals surface area (Å²) in [7, 11) is 0. The van der Waals surface area contributed by atoms with E-state index in [1.807, 2.05) is 43.3 Å². The van der Waals surface area contributed by atoms with Gasteiger partial charge in [-0.2, -0.15) is 0 Å². The van der Waals surface area contributed by atoms with Crippen molar-refractivity contribution in [1.82, 2.24) is 10.2 Å². The van der Waals surface area contributed by atoms with E-state index in [2.05, 4.69) is 5.32 Å². The second kappa shape index (κ2) is 6.89. The van der Waals surface area contributed by atoms with E-state index >= 15 is 0 Å². The number of hydrogen-bond donors (Lipinski definition) is 1. The predicted octanol–water partition coefficient (Wildman–Crippen LogP) is 3.70. The highest BCUT2D eigenvalue weighted by molar-refractivity contribution is 6.07. The van der Waals surface area contributed by atoms with Gasteiger partial charge in [0.25, 0.3) is 5.91 Å². The topological polar surface area (TPSA) is 49.4 Å². The molecule has 0 bridgehead atoms. The summed E-state index contributed by atoms with van der Waals surface area (Å²) in [5.74, 6) is -0.696. The van der Waals surface area contributed by atoms with Crippen LogP contribution in [0.15, 0.2) is 60.7 Å². The minimum atomic E-state index is -1.13. The summed E-state index contributed by atoms with van der Waals surface area (Å²) >= 11 is 0. The molecule has 0 aliphatic carbocycles. The highest BCUT2D eigenvalue weighted by Gasteiger charge is 2.50. The second-order valence-corrected chi connectivity index (χ2v) is 5.92. The van der Waals surface area contributed by atoms with Gasteiger partial charge in [0.1, 0.15) is 11.4 Å². The Morgan fingerprint density at radius 3 is 2.40 bits per heavy atom. The molecule has 1 fully saturated rings. The van der Waals surface area contributed by atoms with Crippen LogP contribution in [0, 0.1) is 5.82 Å². The number of rotatable bonds is 5. The van der Waals surface area contributed by atoms with Gasteiger partial charge in [0.05, 0.1) is 0 Å². The molecule has 0 radical (unpaired) electrons. The van der Waals surface area contributed by atoms with Crippen molar-refractivity contribution >= 4 is 18.0 Å². The normalized spacial score (nSPS) is 20.3. The summed E-state index contributed by atoms with van der Waals surface area (Å²) in [5.41, 5.74) is 0.449. The molecule has 1 saturated heterocycles. The van der Waals surface area contributed by atoms with Gasteiger partial charge < -0.3 is 5.32 Å². The number of carbonyl (C=O) groups excluding carboxylic acids is 2. The highest BCUT2D eigenvalue weighted by Crippen LogP contribution is 2.32. The highest BCUT2D eigenvalue weighted by atomic mass is 19.1. The summed E-state index contributed by atoms with van der Waals surface area (Å²) < 4.78 is 13.2. The van der Waals surface area contributed by atoms with Crippen molar-refractivity contribution < 1.29 is 14.0 Å². The van der Waals surface area contributed by atoms with Crippen molar-refractivity contribution in [3.05, 3.63) is 77.6 Å². The Kier molecular flexibility index (Phi) is 4.65. The number of imide groups is 1. The molecule has 0 saturated carbocycles. The van der Waals surface area contributed by atoms with Crippen LogP contribution in [0.1, 0.15) is 24.5 Å². The molecule has 1 unspecified atom stereocenters. The van der Waals surface area contributed by atoms with E-state index in [1.54, 1.807) is 18.2 Å². The standard InChI is InChI=1S/C20H19FN2O2/c1-2-20(16-10-12-17(21)13-11-16)18(24)23(19(25)22-20)14-6-9-15-7-4-3-5-8-15/h3-13H,2,14H2,1H3,(H,22,25)/b9-6+. The van der Waals surface area contributed by atoms with Gasteiger partial charge in [-0.15, -0.1) is 0 Å². The summed E-state index contributed by atoms with van der Waals surface area (Å²) in [5, 5.41) is 2.78. The fourth-order valence-electron chi connectivity index (χ4n) is 3.02. The van der Waals surface area contributed by atoms with Crippen molar-refractivity contribution in [3.63, 3.8) is 0 Å². The van der Waals surface area contributed by atoms with Crippen LogP contribution >= 0.6 is 0 Å². The number of halogens is 1. The Hall–Kier alpha value is -2.95. The second-order valence-electron chi connectivity index (χ2n) is 5.92. The maximum Gasteiger partial charge on any atom is 0.325 e. The first-order chi connectivity index (χ1) is 12.1. The Morgan fingerprint density at radius 2 is 1.76 bits per heavy atom. The molecule has 3 amide bonds. The lowest BCUT2D eigenvalue weighted by molar-refractivity contribution is -0.131. The van der Waals surface area contributed by atoms with Crippen LogP contribution in [-0.2, 0) is 10.3 Å². The van der Waals surface area contributed by atoms with Gasteiger partial charge in [0.15, 0.2) is 0 Å². The molecule has 5 heteroatoms. The summed E-state index contributed by atoms with van der Waals surface area (Å²) in [6.45, 7) is 2.01. The molecule has 2 aromatic rings. The van der Waals surface area contributed by atoms with Crippen molar-refractivity contribution in [2.75, 3.05) is 6.54 Å². The van der Waals surface area contributed by atoms with Crippen molar-refractivity contribution in [3.8, 4) is 0 Å². The van der Waals surface area contributed by atoms with E-state index in [0.29, 0.717) is 12.0 Å². The third kappa shape index (κ3) is 3.18. The van der Waals surface area contributed by atoms with E-state index < -0.39 is 11.6 Å². The van der Waals surface area contributed by atoms with Crippen LogP contribution in [0.2, 0.25) is 0 Å². The molecule has 0 spiro atoms. The van der Waals surface area contributed by atoms with Crippen LogP contribution < -0.4 is 5.32 Å². The first kappa shape index (κ1) is 16.9. The smallest absolute Gasteiger partial charge is 0.319 e. The molecule has 1 aliphatic heterocycles. The van der Waals surface area contributed by atoms with Crippen LogP contribution in [-0.4, -0.2) is 23.4 Å². The number of carbonyl (C=O) groups is 2. The van der Waals surface area contributed by atoms with Crippen LogP contribution in [0.5, 0.6) is 0 Å². The SMILES string of the molecule is CCC1(c2ccc(F)cc2)NC(=O)N(C/C=C/c2ccccc2)C1=O. The van der Waals surface area contributed by atoms with Crippen LogP contribution in [0.4, 0.5) is 9.18 Å². The molecule has 128 valence electrons. The lowest BCUT2D eigenvalue weighted by Gasteiger charge is -2.25. The molecule has 0 aromatic heterocycles. The Balaban J connectivity index is 1.81. The minimum Gasteiger partial charge on any atom is -0.319 e. The monoisotopic (exact) mass is 338 g/mol. The van der Waals surface area contributed by atoms with Gasteiger partial charge in [-0.25, -0.2) is 9.18 Å². The van der Waals surface area contributed by atoms with E-state index in [4.69, 9.17) is 0 Å². The Bertz CT molecular complexity index is 802. The molecular formula is C20H19FN2O2. The maximum atomic E-state index is 13.2. The number of nitrogens with one attached hydrogen (secondary N) is 1. The third-order valence-electron chi connectivity index (χ3n) is 4.44. The maximum absolute atomic E-state index is 13.2. The van der Waals surface area contributed by atoms with Gasteiger partial charge in [-0.1, -0.05) is 61.5 Å². The van der Waals surface area contributed by atoms with Crippen molar-refractivity contribution in [2.24, 2.45) is 0 Å². The van der Waals surface area contributed by atoms with Gasteiger partial charge in [0, 0.05) is 6.54 Å². The molecule has 3 rings (SSSR count). The largest absolute Gasteiger partial charge is 0.325 e. The van der Waals surface area contributed by atoms with E-state index in [1.165, 1.54) is 17.0 Å². The molecule has 1 aliphatic rings.